The molecule has 1 aromatic carbocycles. The molecule has 1 amide bonds. The fourth-order valence-corrected chi connectivity index (χ4v) is 4.04. The number of nitrogens with zero attached hydrogens (tertiary/aromatic N) is 2. The van der Waals surface area contributed by atoms with Gasteiger partial charge in [0.2, 0.25) is 0 Å². The highest BCUT2D eigenvalue weighted by Gasteiger charge is 2.25. The molecule has 1 saturated carbocycles. The van der Waals surface area contributed by atoms with Crippen LogP contribution >= 0.6 is 0 Å². The minimum atomic E-state index is -0.467. The number of carbonyl (C=O) groups is 1. The molecule has 1 aromatic rings. The molecule has 3 N–H and O–H groups in total. The molecule has 32 heavy (non-hydrogen) atoms. The number of carbonyl (C=O) groups excluding carboxylic acids is 1. The van der Waals surface area contributed by atoms with Gasteiger partial charge in [0.25, 0.3) is 0 Å². The van der Waals surface area contributed by atoms with Crippen molar-refractivity contribution in [1.29, 1.82) is 0 Å². The zero-order chi connectivity index (χ0) is 23.0. The third-order valence-corrected chi connectivity index (χ3v) is 5.67. The van der Waals surface area contributed by atoms with Crippen LogP contribution in [0, 0.1) is 0 Å². The Labute approximate surface area is 192 Å². The second-order valence-corrected chi connectivity index (χ2v) is 9.58. The molecule has 1 fully saturated rings. The number of hydrogen-bond donors (Lipinski definition) is 3. The standard InChI is InChI=1S/C25H39N5O2/c1-5-26-23(27-18-19-8-14-22(15-9-19)30-16-6-7-17-30)28-20-10-12-21(13-11-20)29-24(31)32-25(2,3)4/h6-9,14-15,20-21H,5,10-13,16-18H2,1-4H3,(H,29,31)(H2,26,27,28). The molecule has 3 rings (SSSR count). The normalized spacial score (nSPS) is 21.4. The Morgan fingerprint density at radius 1 is 1.03 bits per heavy atom. The second kappa shape index (κ2) is 11.2. The summed E-state index contributed by atoms with van der Waals surface area (Å²) in [4.78, 5) is 19.1. The molecule has 1 aliphatic heterocycles. The number of ether oxygens (including phenoxy) is 1. The molecule has 0 bridgehead atoms. The van der Waals surface area contributed by atoms with Crippen LogP contribution in [0.1, 0.15) is 58.9 Å². The maximum atomic E-state index is 12.0. The van der Waals surface area contributed by atoms with Gasteiger partial charge in [-0.15, -0.1) is 0 Å². The van der Waals surface area contributed by atoms with E-state index in [9.17, 15) is 4.79 Å². The third kappa shape index (κ3) is 7.77. The van der Waals surface area contributed by atoms with Crippen molar-refractivity contribution in [2.45, 2.75) is 77.6 Å². The molecule has 176 valence electrons. The fourth-order valence-electron chi connectivity index (χ4n) is 4.04. The lowest BCUT2D eigenvalue weighted by atomic mass is 9.91. The molecule has 1 aliphatic carbocycles. The van der Waals surface area contributed by atoms with Gasteiger partial charge < -0.3 is 25.6 Å². The number of rotatable bonds is 6. The number of anilines is 1. The van der Waals surface area contributed by atoms with Crippen LogP contribution in [0.15, 0.2) is 41.4 Å². The van der Waals surface area contributed by atoms with Gasteiger partial charge in [0.1, 0.15) is 5.60 Å². The lowest BCUT2D eigenvalue weighted by Crippen LogP contribution is -2.48. The summed E-state index contributed by atoms with van der Waals surface area (Å²) in [7, 11) is 0. The van der Waals surface area contributed by atoms with Crippen molar-refractivity contribution < 1.29 is 9.53 Å². The largest absolute Gasteiger partial charge is 0.444 e. The van der Waals surface area contributed by atoms with Crippen molar-refractivity contribution >= 4 is 17.7 Å². The summed E-state index contributed by atoms with van der Waals surface area (Å²) in [5, 5.41) is 9.94. The van der Waals surface area contributed by atoms with Gasteiger partial charge in [-0.05, 0) is 71.1 Å². The van der Waals surface area contributed by atoms with Gasteiger partial charge in [-0.25, -0.2) is 9.79 Å². The predicted octanol–water partition coefficient (Wildman–Crippen LogP) is 3.95. The third-order valence-electron chi connectivity index (χ3n) is 5.67. The molecule has 0 radical (unpaired) electrons. The number of guanidine groups is 1. The summed E-state index contributed by atoms with van der Waals surface area (Å²) in [6, 6.07) is 9.21. The molecule has 1 heterocycles. The molecular formula is C25H39N5O2. The van der Waals surface area contributed by atoms with E-state index in [2.05, 4.69) is 64.2 Å². The zero-order valence-electron chi connectivity index (χ0n) is 20.0. The molecule has 0 aromatic heterocycles. The molecular weight excluding hydrogens is 402 g/mol. The minimum Gasteiger partial charge on any atom is -0.444 e. The maximum absolute atomic E-state index is 12.0. The molecule has 0 spiro atoms. The highest BCUT2D eigenvalue weighted by molar-refractivity contribution is 5.80. The molecule has 0 unspecified atom stereocenters. The van der Waals surface area contributed by atoms with Gasteiger partial charge in [-0.3, -0.25) is 0 Å². The van der Waals surface area contributed by atoms with E-state index in [0.29, 0.717) is 12.6 Å². The van der Waals surface area contributed by atoms with E-state index in [4.69, 9.17) is 9.73 Å². The van der Waals surface area contributed by atoms with E-state index in [0.717, 1.165) is 51.3 Å². The fraction of sp³-hybridized carbons (Fsp3) is 0.600. The Morgan fingerprint density at radius 2 is 1.62 bits per heavy atom. The van der Waals surface area contributed by atoms with Gasteiger partial charge in [-0.1, -0.05) is 24.3 Å². The molecule has 0 atom stereocenters. The van der Waals surface area contributed by atoms with Crippen LogP contribution in [0.3, 0.4) is 0 Å². The van der Waals surface area contributed by atoms with Gasteiger partial charge >= 0.3 is 6.09 Å². The van der Waals surface area contributed by atoms with Crippen molar-refractivity contribution in [3.63, 3.8) is 0 Å². The van der Waals surface area contributed by atoms with Crippen LogP contribution < -0.4 is 20.9 Å². The Morgan fingerprint density at radius 3 is 2.19 bits per heavy atom. The SMILES string of the molecule is CCNC(=NCc1ccc(N2CC=CC2)cc1)NC1CCC(NC(=O)OC(C)(C)C)CC1. The summed E-state index contributed by atoms with van der Waals surface area (Å²) >= 11 is 0. The summed E-state index contributed by atoms with van der Waals surface area (Å²) in [5.41, 5.74) is 1.99. The van der Waals surface area contributed by atoms with E-state index in [1.54, 1.807) is 0 Å². The quantitative estimate of drug-likeness (QED) is 0.354. The number of benzene rings is 1. The Hall–Kier alpha value is -2.70. The van der Waals surface area contributed by atoms with Crippen molar-refractivity contribution in [3.8, 4) is 0 Å². The van der Waals surface area contributed by atoms with Gasteiger partial charge in [-0.2, -0.15) is 0 Å². The first kappa shape index (κ1) is 24.0. The Kier molecular flexibility index (Phi) is 8.42. The van der Waals surface area contributed by atoms with Crippen LogP contribution in [-0.4, -0.2) is 49.4 Å². The number of aliphatic imine (C=N–C) groups is 1. The van der Waals surface area contributed by atoms with Crippen LogP contribution in [0.25, 0.3) is 0 Å². The number of hydrogen-bond acceptors (Lipinski definition) is 4. The lowest BCUT2D eigenvalue weighted by molar-refractivity contribution is 0.0490. The number of alkyl carbamates (subject to hydrolysis) is 1. The Balaban J connectivity index is 1.46. The highest BCUT2D eigenvalue weighted by Crippen LogP contribution is 2.20. The van der Waals surface area contributed by atoms with Crippen molar-refractivity contribution in [2.75, 3.05) is 24.5 Å². The lowest BCUT2D eigenvalue weighted by Gasteiger charge is -2.31. The maximum Gasteiger partial charge on any atom is 0.407 e. The number of amides is 1. The molecule has 7 heteroatoms. The van der Waals surface area contributed by atoms with E-state index >= 15 is 0 Å². The van der Waals surface area contributed by atoms with Gasteiger partial charge in [0.05, 0.1) is 6.54 Å². The minimum absolute atomic E-state index is 0.173. The van der Waals surface area contributed by atoms with Gasteiger partial charge in [0, 0.05) is 37.4 Å². The zero-order valence-corrected chi connectivity index (χ0v) is 20.0. The summed E-state index contributed by atoms with van der Waals surface area (Å²) in [5.74, 6) is 0.851. The summed E-state index contributed by atoms with van der Waals surface area (Å²) in [6.07, 6.45) is 7.93. The molecule has 0 saturated heterocycles. The van der Waals surface area contributed by atoms with E-state index in [1.807, 2.05) is 20.8 Å². The Bertz CT molecular complexity index is 782. The first-order chi connectivity index (χ1) is 15.3. The molecule has 7 nitrogen and oxygen atoms in total. The smallest absolute Gasteiger partial charge is 0.407 e. The van der Waals surface area contributed by atoms with Crippen LogP contribution in [0.5, 0.6) is 0 Å². The first-order valence-electron chi connectivity index (χ1n) is 11.9. The van der Waals surface area contributed by atoms with Crippen molar-refractivity contribution in [3.05, 3.63) is 42.0 Å². The van der Waals surface area contributed by atoms with Crippen LogP contribution in [-0.2, 0) is 11.3 Å². The topological polar surface area (TPSA) is 78.0 Å². The van der Waals surface area contributed by atoms with Gasteiger partial charge in [0.15, 0.2) is 5.96 Å². The van der Waals surface area contributed by atoms with E-state index < -0.39 is 5.60 Å². The average molecular weight is 442 g/mol. The van der Waals surface area contributed by atoms with Crippen molar-refractivity contribution in [2.24, 2.45) is 4.99 Å². The van der Waals surface area contributed by atoms with Crippen molar-refractivity contribution in [1.82, 2.24) is 16.0 Å². The second-order valence-electron chi connectivity index (χ2n) is 9.58. The van der Waals surface area contributed by atoms with E-state index in [-0.39, 0.29) is 12.1 Å². The first-order valence-corrected chi connectivity index (χ1v) is 11.9. The van der Waals surface area contributed by atoms with E-state index in [1.165, 1.54) is 11.3 Å². The monoisotopic (exact) mass is 441 g/mol. The predicted molar refractivity (Wildman–Crippen MR) is 131 cm³/mol. The van der Waals surface area contributed by atoms with Crippen LogP contribution in [0.2, 0.25) is 0 Å². The highest BCUT2D eigenvalue weighted by atomic mass is 16.6. The average Bonchev–Trinajstić information content (AvgIpc) is 3.27. The van der Waals surface area contributed by atoms with Crippen LogP contribution in [0.4, 0.5) is 10.5 Å². The number of nitrogens with one attached hydrogen (secondary N) is 3. The molecule has 2 aliphatic rings. The summed E-state index contributed by atoms with van der Waals surface area (Å²) < 4.78 is 5.37. The summed E-state index contributed by atoms with van der Waals surface area (Å²) in [6.45, 7) is 11.2.